The summed E-state index contributed by atoms with van der Waals surface area (Å²) in [7, 11) is 0. The van der Waals surface area contributed by atoms with E-state index in [1.807, 2.05) is 0 Å². The van der Waals surface area contributed by atoms with Crippen molar-refractivity contribution in [1.82, 2.24) is 4.98 Å². The van der Waals surface area contributed by atoms with Crippen molar-refractivity contribution in [3.63, 3.8) is 0 Å². The molecule has 98 valence electrons. The van der Waals surface area contributed by atoms with Crippen molar-refractivity contribution in [2.45, 2.75) is 6.61 Å². The van der Waals surface area contributed by atoms with Crippen LogP contribution >= 0.6 is 11.6 Å². The zero-order valence-electron chi connectivity index (χ0n) is 9.52. The number of carbonyl (C=O) groups is 1. The molecule has 6 heteroatoms. The van der Waals surface area contributed by atoms with Crippen LogP contribution in [0, 0.1) is 0 Å². The first-order valence-corrected chi connectivity index (χ1v) is 5.66. The quantitative estimate of drug-likeness (QED) is 0.805. The number of rotatable bonds is 4. The fraction of sp³-hybridized carbons (Fsp3) is 0.0769. The molecule has 0 atom stereocenters. The lowest BCUT2D eigenvalue weighted by molar-refractivity contribution is -0.0498. The van der Waals surface area contributed by atoms with Crippen molar-refractivity contribution in [3.05, 3.63) is 58.9 Å². The van der Waals surface area contributed by atoms with E-state index in [-0.39, 0.29) is 27.8 Å². The first kappa shape index (κ1) is 13.4. The second kappa shape index (κ2) is 5.75. The van der Waals surface area contributed by atoms with E-state index >= 15 is 0 Å². The number of aromatic nitrogens is 1. The summed E-state index contributed by atoms with van der Waals surface area (Å²) >= 11 is 5.88. The topological polar surface area (TPSA) is 39.2 Å². The van der Waals surface area contributed by atoms with Crippen LogP contribution < -0.4 is 4.74 Å². The molecule has 2 aromatic rings. The first-order valence-electron chi connectivity index (χ1n) is 5.28. The normalized spacial score (nSPS) is 10.5. The van der Waals surface area contributed by atoms with E-state index in [1.54, 1.807) is 18.2 Å². The predicted molar refractivity (Wildman–Crippen MR) is 65.8 cm³/mol. The van der Waals surface area contributed by atoms with Gasteiger partial charge < -0.3 is 4.74 Å². The number of ether oxygens (including phenoxy) is 1. The third-order valence-electron chi connectivity index (χ3n) is 2.31. The number of halogens is 3. The van der Waals surface area contributed by atoms with E-state index < -0.39 is 6.61 Å². The van der Waals surface area contributed by atoms with Crippen LogP contribution in [0.5, 0.6) is 5.75 Å². The Balaban J connectivity index is 2.29. The molecule has 0 aliphatic carbocycles. The maximum absolute atomic E-state index is 12.1. The summed E-state index contributed by atoms with van der Waals surface area (Å²) in [5.74, 6) is -0.480. The molecule has 0 aliphatic rings. The molecular weight excluding hydrogens is 276 g/mol. The van der Waals surface area contributed by atoms with Gasteiger partial charge in [-0.3, -0.25) is 9.78 Å². The Hall–Kier alpha value is -2.01. The van der Waals surface area contributed by atoms with E-state index in [1.165, 1.54) is 24.4 Å². The van der Waals surface area contributed by atoms with Crippen LogP contribution in [0.25, 0.3) is 0 Å². The maximum Gasteiger partial charge on any atom is 0.387 e. The molecule has 1 aromatic carbocycles. The van der Waals surface area contributed by atoms with E-state index in [2.05, 4.69) is 9.72 Å². The predicted octanol–water partition coefficient (Wildman–Crippen LogP) is 3.57. The SMILES string of the molecule is O=C(c1ccccn1)c1ccc(OC(F)F)cc1Cl. The third-order valence-corrected chi connectivity index (χ3v) is 2.62. The second-order valence-corrected chi connectivity index (χ2v) is 3.97. The number of ketones is 1. The van der Waals surface area contributed by atoms with Gasteiger partial charge in [-0.2, -0.15) is 8.78 Å². The number of hydrogen-bond donors (Lipinski definition) is 0. The molecule has 0 bridgehead atoms. The molecule has 2 rings (SSSR count). The molecule has 3 nitrogen and oxygen atoms in total. The summed E-state index contributed by atoms with van der Waals surface area (Å²) in [6.07, 6.45) is 1.48. The maximum atomic E-state index is 12.1. The molecule has 0 spiro atoms. The van der Waals surface area contributed by atoms with Crippen LogP contribution in [0.1, 0.15) is 16.1 Å². The molecule has 19 heavy (non-hydrogen) atoms. The molecule has 0 amide bonds. The molecule has 0 fully saturated rings. The smallest absolute Gasteiger partial charge is 0.387 e. The Kier molecular flexibility index (Phi) is 4.06. The number of pyridine rings is 1. The molecule has 0 saturated heterocycles. The molecule has 0 unspecified atom stereocenters. The van der Waals surface area contributed by atoms with Crippen LogP contribution in [0.15, 0.2) is 42.6 Å². The number of nitrogens with zero attached hydrogens (tertiary/aromatic N) is 1. The van der Waals surface area contributed by atoms with Crippen LogP contribution in [0.3, 0.4) is 0 Å². The Morgan fingerprint density at radius 2 is 2.05 bits per heavy atom. The average molecular weight is 284 g/mol. The van der Waals surface area contributed by atoms with Gasteiger partial charge in [0, 0.05) is 11.8 Å². The van der Waals surface area contributed by atoms with Crippen LogP contribution in [-0.2, 0) is 0 Å². The van der Waals surface area contributed by atoms with Crippen molar-refractivity contribution in [2.75, 3.05) is 0 Å². The van der Waals surface area contributed by atoms with Gasteiger partial charge >= 0.3 is 6.61 Å². The van der Waals surface area contributed by atoms with Gasteiger partial charge in [0.25, 0.3) is 0 Å². The van der Waals surface area contributed by atoms with E-state index in [9.17, 15) is 13.6 Å². The number of benzene rings is 1. The highest BCUT2D eigenvalue weighted by Crippen LogP contribution is 2.25. The van der Waals surface area contributed by atoms with Gasteiger partial charge in [-0.05, 0) is 30.3 Å². The summed E-state index contributed by atoms with van der Waals surface area (Å²) in [6.45, 7) is -2.94. The number of carbonyl (C=O) groups excluding carboxylic acids is 1. The largest absolute Gasteiger partial charge is 0.435 e. The van der Waals surface area contributed by atoms with Gasteiger partial charge in [0.05, 0.1) is 5.02 Å². The standard InChI is InChI=1S/C13H8ClF2NO2/c14-10-7-8(19-13(15)16)4-5-9(10)12(18)11-3-1-2-6-17-11/h1-7,13H. The summed E-state index contributed by atoms with van der Waals surface area (Å²) < 4.78 is 28.3. The van der Waals surface area contributed by atoms with Crippen LogP contribution in [0.4, 0.5) is 8.78 Å². The molecular formula is C13H8ClF2NO2. The molecule has 0 N–H and O–H groups in total. The highest BCUT2D eigenvalue weighted by molar-refractivity contribution is 6.35. The van der Waals surface area contributed by atoms with Gasteiger partial charge in [-0.1, -0.05) is 17.7 Å². The fourth-order valence-electron chi connectivity index (χ4n) is 1.49. The monoisotopic (exact) mass is 283 g/mol. The second-order valence-electron chi connectivity index (χ2n) is 3.56. The minimum Gasteiger partial charge on any atom is -0.435 e. The minimum absolute atomic E-state index is 0.0359. The zero-order valence-corrected chi connectivity index (χ0v) is 10.3. The number of alkyl halides is 2. The van der Waals surface area contributed by atoms with Crippen molar-refractivity contribution in [3.8, 4) is 5.75 Å². The number of hydrogen-bond acceptors (Lipinski definition) is 3. The lowest BCUT2D eigenvalue weighted by Gasteiger charge is -2.07. The lowest BCUT2D eigenvalue weighted by atomic mass is 10.1. The Morgan fingerprint density at radius 1 is 1.26 bits per heavy atom. The molecule has 1 heterocycles. The van der Waals surface area contributed by atoms with Crippen LogP contribution in [0.2, 0.25) is 5.02 Å². The van der Waals surface area contributed by atoms with Gasteiger partial charge in [0.2, 0.25) is 5.78 Å². The highest BCUT2D eigenvalue weighted by Gasteiger charge is 2.15. The van der Waals surface area contributed by atoms with Gasteiger partial charge in [-0.25, -0.2) is 0 Å². The van der Waals surface area contributed by atoms with Gasteiger partial charge in [-0.15, -0.1) is 0 Å². The minimum atomic E-state index is -2.94. The van der Waals surface area contributed by atoms with Gasteiger partial charge in [0.15, 0.2) is 0 Å². The highest BCUT2D eigenvalue weighted by atomic mass is 35.5. The first-order chi connectivity index (χ1) is 9.08. The van der Waals surface area contributed by atoms with E-state index in [0.717, 1.165) is 0 Å². The van der Waals surface area contributed by atoms with Crippen molar-refractivity contribution in [2.24, 2.45) is 0 Å². The summed E-state index contributed by atoms with van der Waals surface area (Å²) in [5.41, 5.74) is 0.411. The molecule has 0 radical (unpaired) electrons. The molecule has 0 aliphatic heterocycles. The van der Waals surface area contributed by atoms with E-state index in [4.69, 9.17) is 11.6 Å². The third kappa shape index (κ3) is 3.26. The Morgan fingerprint density at radius 3 is 2.63 bits per heavy atom. The summed E-state index contributed by atoms with van der Waals surface area (Å²) in [6, 6.07) is 8.65. The fourth-order valence-corrected chi connectivity index (χ4v) is 1.75. The molecule has 1 aromatic heterocycles. The molecule has 0 saturated carbocycles. The van der Waals surface area contributed by atoms with Crippen molar-refractivity contribution >= 4 is 17.4 Å². The Labute approximate surface area is 112 Å². The summed E-state index contributed by atoms with van der Waals surface area (Å²) in [4.78, 5) is 16.0. The van der Waals surface area contributed by atoms with Crippen LogP contribution in [-0.4, -0.2) is 17.4 Å². The van der Waals surface area contributed by atoms with Crippen molar-refractivity contribution < 1.29 is 18.3 Å². The lowest BCUT2D eigenvalue weighted by Crippen LogP contribution is -2.06. The van der Waals surface area contributed by atoms with E-state index in [0.29, 0.717) is 0 Å². The van der Waals surface area contributed by atoms with Gasteiger partial charge in [0.1, 0.15) is 11.4 Å². The zero-order chi connectivity index (χ0) is 13.8. The average Bonchev–Trinajstić information content (AvgIpc) is 2.38. The van der Waals surface area contributed by atoms with Crippen molar-refractivity contribution in [1.29, 1.82) is 0 Å². The summed E-state index contributed by atoms with van der Waals surface area (Å²) in [5, 5.41) is 0.0359. The Bertz CT molecular complexity index is 590.